The van der Waals surface area contributed by atoms with Gasteiger partial charge in [-0.2, -0.15) is 0 Å². The number of hydrogen-bond acceptors (Lipinski definition) is 5. The molecule has 1 aromatic carbocycles. The number of rotatable bonds is 4. The number of carboxylic acid groups (broad SMARTS) is 2. The maximum absolute atomic E-state index is 10.9. The van der Waals surface area contributed by atoms with Crippen molar-refractivity contribution >= 4 is 11.9 Å². The van der Waals surface area contributed by atoms with Crippen LogP contribution in [0.2, 0.25) is 0 Å². The summed E-state index contributed by atoms with van der Waals surface area (Å²) in [6.45, 7) is 0. The fourth-order valence-electron chi connectivity index (χ4n) is 2.01. The van der Waals surface area contributed by atoms with Crippen LogP contribution >= 0.6 is 0 Å². The van der Waals surface area contributed by atoms with Crippen molar-refractivity contribution in [2.24, 2.45) is 0 Å². The van der Waals surface area contributed by atoms with E-state index in [9.17, 15) is 9.59 Å². The minimum Gasteiger partial charge on any atom is -0.477 e. The van der Waals surface area contributed by atoms with Crippen LogP contribution in [0.5, 0.6) is 0 Å². The van der Waals surface area contributed by atoms with Crippen molar-refractivity contribution in [2.45, 2.75) is 6.42 Å². The van der Waals surface area contributed by atoms with Gasteiger partial charge in [0.25, 0.3) is 0 Å². The van der Waals surface area contributed by atoms with Crippen LogP contribution < -0.4 is 0 Å². The van der Waals surface area contributed by atoms with E-state index in [1.165, 1.54) is 24.8 Å². The predicted molar refractivity (Wildman–Crippen MR) is 89.4 cm³/mol. The van der Waals surface area contributed by atoms with Crippen molar-refractivity contribution in [3.8, 4) is 0 Å². The van der Waals surface area contributed by atoms with Crippen molar-refractivity contribution in [3.63, 3.8) is 0 Å². The molecule has 0 fully saturated rings. The van der Waals surface area contributed by atoms with Crippen LogP contribution in [0.1, 0.15) is 32.1 Å². The Kier molecular flexibility index (Phi) is 6.30. The highest BCUT2D eigenvalue weighted by Gasteiger charge is 2.10. The molecular weight excluding hydrogens is 322 g/mol. The maximum atomic E-state index is 10.9. The SMILES string of the molecule is O=C(O)c1ccncn1.O=C(O)c1ncccc1Cc1ccccc1. The van der Waals surface area contributed by atoms with Gasteiger partial charge in [0.05, 0.1) is 0 Å². The quantitative estimate of drug-likeness (QED) is 0.752. The van der Waals surface area contributed by atoms with Gasteiger partial charge in [0, 0.05) is 12.4 Å². The lowest BCUT2D eigenvalue weighted by Gasteiger charge is -2.04. The number of pyridine rings is 1. The average molecular weight is 337 g/mol. The summed E-state index contributed by atoms with van der Waals surface area (Å²) in [5, 5.41) is 17.3. The molecule has 2 N–H and O–H groups in total. The van der Waals surface area contributed by atoms with Crippen molar-refractivity contribution in [3.05, 3.63) is 89.8 Å². The zero-order valence-electron chi connectivity index (χ0n) is 13.1. The van der Waals surface area contributed by atoms with E-state index < -0.39 is 11.9 Å². The first kappa shape index (κ1) is 17.7. The van der Waals surface area contributed by atoms with Gasteiger partial charge in [-0.25, -0.2) is 24.5 Å². The highest BCUT2D eigenvalue weighted by atomic mass is 16.4. The minimum atomic E-state index is -1.03. The molecule has 0 amide bonds. The molecule has 0 atom stereocenters. The molecule has 2 aromatic heterocycles. The average Bonchev–Trinajstić information content (AvgIpc) is 2.64. The molecule has 0 unspecified atom stereocenters. The van der Waals surface area contributed by atoms with Crippen LogP contribution in [-0.2, 0) is 6.42 Å². The molecule has 0 bridgehead atoms. The van der Waals surface area contributed by atoms with Gasteiger partial charge >= 0.3 is 11.9 Å². The van der Waals surface area contributed by atoms with E-state index in [0.29, 0.717) is 6.42 Å². The molecule has 126 valence electrons. The zero-order chi connectivity index (χ0) is 18.1. The third-order valence-electron chi connectivity index (χ3n) is 3.13. The molecule has 0 saturated heterocycles. The summed E-state index contributed by atoms with van der Waals surface area (Å²) in [6.07, 6.45) is 4.67. The Bertz CT molecular complexity index is 839. The fraction of sp³-hybridized carbons (Fsp3) is 0.0556. The largest absolute Gasteiger partial charge is 0.477 e. The van der Waals surface area contributed by atoms with E-state index >= 15 is 0 Å². The van der Waals surface area contributed by atoms with Crippen molar-refractivity contribution in [1.82, 2.24) is 15.0 Å². The summed E-state index contributed by atoms with van der Waals surface area (Å²) in [5.74, 6) is -2.01. The standard InChI is InChI=1S/C13H11NO2.C5H4N2O2/c15-13(16)12-11(7-4-8-14-12)9-10-5-2-1-3-6-10;8-5(9)4-1-2-6-3-7-4/h1-8H,9H2,(H,15,16);1-3H,(H,8,9). The highest BCUT2D eigenvalue weighted by Crippen LogP contribution is 2.12. The van der Waals surface area contributed by atoms with Crippen LogP contribution in [-0.4, -0.2) is 37.1 Å². The van der Waals surface area contributed by atoms with Gasteiger partial charge in [-0.15, -0.1) is 0 Å². The number of carbonyl (C=O) groups is 2. The predicted octanol–water partition coefficient (Wildman–Crippen LogP) is 2.55. The lowest BCUT2D eigenvalue weighted by Crippen LogP contribution is -2.05. The maximum Gasteiger partial charge on any atom is 0.354 e. The first-order valence-corrected chi connectivity index (χ1v) is 7.28. The highest BCUT2D eigenvalue weighted by molar-refractivity contribution is 5.87. The van der Waals surface area contributed by atoms with Gasteiger partial charge in [-0.05, 0) is 29.7 Å². The smallest absolute Gasteiger partial charge is 0.354 e. The van der Waals surface area contributed by atoms with Crippen LogP contribution in [0.3, 0.4) is 0 Å². The Hall–Kier alpha value is -3.61. The summed E-state index contributed by atoms with van der Waals surface area (Å²) in [5.41, 5.74) is 1.97. The van der Waals surface area contributed by atoms with E-state index in [2.05, 4.69) is 15.0 Å². The van der Waals surface area contributed by atoms with Gasteiger partial charge in [0.1, 0.15) is 6.33 Å². The van der Waals surface area contributed by atoms with E-state index in [0.717, 1.165) is 11.1 Å². The van der Waals surface area contributed by atoms with Gasteiger partial charge < -0.3 is 10.2 Å². The molecule has 3 aromatic rings. The summed E-state index contributed by atoms with van der Waals surface area (Å²) in [7, 11) is 0. The molecule has 7 nitrogen and oxygen atoms in total. The van der Waals surface area contributed by atoms with E-state index in [1.807, 2.05) is 30.3 Å². The van der Waals surface area contributed by atoms with Crippen LogP contribution in [0, 0.1) is 0 Å². The summed E-state index contributed by atoms with van der Waals surface area (Å²) < 4.78 is 0. The molecule has 2 heterocycles. The second kappa shape index (κ2) is 8.88. The van der Waals surface area contributed by atoms with Crippen molar-refractivity contribution < 1.29 is 19.8 Å². The lowest BCUT2D eigenvalue weighted by molar-refractivity contribution is 0.0679. The van der Waals surface area contributed by atoms with Crippen LogP contribution in [0.15, 0.2) is 67.3 Å². The Labute approximate surface area is 143 Å². The van der Waals surface area contributed by atoms with Gasteiger partial charge in [-0.3, -0.25) is 0 Å². The number of nitrogens with zero attached hydrogens (tertiary/aromatic N) is 3. The van der Waals surface area contributed by atoms with E-state index in [-0.39, 0.29) is 11.4 Å². The Morgan fingerprint density at radius 1 is 0.840 bits per heavy atom. The summed E-state index contributed by atoms with van der Waals surface area (Å²) in [6, 6.07) is 14.6. The number of carboxylic acids is 2. The van der Waals surface area contributed by atoms with Gasteiger partial charge in [-0.1, -0.05) is 36.4 Å². The zero-order valence-corrected chi connectivity index (χ0v) is 13.1. The van der Waals surface area contributed by atoms with Gasteiger partial charge in [0.2, 0.25) is 0 Å². The van der Waals surface area contributed by atoms with Crippen molar-refractivity contribution in [1.29, 1.82) is 0 Å². The van der Waals surface area contributed by atoms with E-state index in [4.69, 9.17) is 10.2 Å². The number of benzene rings is 1. The fourth-order valence-corrected chi connectivity index (χ4v) is 2.01. The minimum absolute atomic E-state index is 0.0185. The van der Waals surface area contributed by atoms with Gasteiger partial charge in [0.15, 0.2) is 11.4 Å². The molecule has 0 radical (unpaired) electrons. The summed E-state index contributed by atoms with van der Waals surface area (Å²) >= 11 is 0. The molecule has 25 heavy (non-hydrogen) atoms. The molecule has 0 aliphatic heterocycles. The topological polar surface area (TPSA) is 113 Å². The first-order valence-electron chi connectivity index (χ1n) is 7.28. The number of hydrogen-bond donors (Lipinski definition) is 2. The van der Waals surface area contributed by atoms with Crippen molar-refractivity contribution in [2.75, 3.05) is 0 Å². The third-order valence-corrected chi connectivity index (χ3v) is 3.13. The Morgan fingerprint density at radius 2 is 1.60 bits per heavy atom. The van der Waals surface area contributed by atoms with Crippen LogP contribution in [0.4, 0.5) is 0 Å². The van der Waals surface area contributed by atoms with E-state index in [1.54, 1.807) is 12.1 Å². The molecule has 0 spiro atoms. The second-order valence-corrected chi connectivity index (χ2v) is 4.88. The monoisotopic (exact) mass is 337 g/mol. The summed E-state index contributed by atoms with van der Waals surface area (Å²) in [4.78, 5) is 32.0. The normalized spacial score (nSPS) is 9.60. The number of aromatic nitrogens is 3. The molecule has 0 aliphatic carbocycles. The number of aromatic carboxylic acids is 2. The lowest BCUT2D eigenvalue weighted by atomic mass is 10.0. The van der Waals surface area contributed by atoms with Crippen LogP contribution in [0.25, 0.3) is 0 Å². The second-order valence-electron chi connectivity index (χ2n) is 4.88. The molecule has 0 aliphatic rings. The molecule has 0 saturated carbocycles. The molecule has 3 rings (SSSR count). The Balaban J connectivity index is 0.000000212. The Morgan fingerprint density at radius 3 is 2.16 bits per heavy atom. The third kappa shape index (κ3) is 5.51. The molecule has 7 heteroatoms. The first-order chi connectivity index (χ1) is 12.1. The molecular formula is C18H15N3O4.